The Balaban J connectivity index is 2.02. The summed E-state index contributed by atoms with van der Waals surface area (Å²) in [4.78, 5) is 0. The standard InChI is InChI=1S/C14H22N2O2S/c1-19(17,18)11-5-8-13(16-15)14(9-10-14)12-6-3-2-4-7-12/h2-4,6-7,13,16H,5,8-11,15H2,1H3. The molecule has 1 atom stereocenters. The number of nitrogens with one attached hydrogen (secondary N) is 1. The number of nitrogens with two attached hydrogens (primary N) is 1. The van der Waals surface area contributed by atoms with E-state index in [2.05, 4.69) is 17.6 Å². The maximum Gasteiger partial charge on any atom is 0.147 e. The first kappa shape index (κ1) is 14.5. The maximum absolute atomic E-state index is 11.2. The van der Waals surface area contributed by atoms with E-state index in [4.69, 9.17) is 5.84 Å². The minimum absolute atomic E-state index is 0.105. The topological polar surface area (TPSA) is 72.2 Å². The lowest BCUT2D eigenvalue weighted by atomic mass is 9.86. The second-order valence-corrected chi connectivity index (χ2v) is 7.77. The van der Waals surface area contributed by atoms with E-state index in [0.29, 0.717) is 6.42 Å². The van der Waals surface area contributed by atoms with Crippen LogP contribution in [0, 0.1) is 0 Å². The molecule has 1 fully saturated rings. The van der Waals surface area contributed by atoms with Gasteiger partial charge < -0.3 is 0 Å². The number of hydrogen-bond donors (Lipinski definition) is 2. The van der Waals surface area contributed by atoms with Crippen LogP contribution in [0.2, 0.25) is 0 Å². The van der Waals surface area contributed by atoms with Crippen LogP contribution in [0.3, 0.4) is 0 Å². The quantitative estimate of drug-likeness (QED) is 0.585. The number of hydrogen-bond acceptors (Lipinski definition) is 4. The van der Waals surface area contributed by atoms with Crippen LogP contribution < -0.4 is 11.3 Å². The van der Waals surface area contributed by atoms with Crippen molar-refractivity contribution in [3.63, 3.8) is 0 Å². The van der Waals surface area contributed by atoms with Gasteiger partial charge in [-0.2, -0.15) is 0 Å². The monoisotopic (exact) mass is 282 g/mol. The van der Waals surface area contributed by atoms with Gasteiger partial charge in [0.05, 0.1) is 0 Å². The molecule has 5 heteroatoms. The third-order valence-corrected chi connectivity index (χ3v) is 5.04. The molecule has 0 radical (unpaired) electrons. The number of benzene rings is 1. The van der Waals surface area contributed by atoms with Gasteiger partial charge >= 0.3 is 0 Å². The predicted octanol–water partition coefficient (Wildman–Crippen LogP) is 1.37. The first-order valence-corrected chi connectivity index (χ1v) is 8.73. The first-order valence-electron chi connectivity index (χ1n) is 6.67. The number of hydrazine groups is 1. The Kier molecular flexibility index (Phi) is 4.28. The molecule has 0 spiro atoms. The van der Waals surface area contributed by atoms with Gasteiger partial charge in [0, 0.05) is 23.5 Å². The summed E-state index contributed by atoms with van der Waals surface area (Å²) in [6, 6.07) is 10.5. The highest BCUT2D eigenvalue weighted by atomic mass is 32.2. The van der Waals surface area contributed by atoms with Gasteiger partial charge in [0.15, 0.2) is 0 Å². The van der Waals surface area contributed by atoms with Crippen molar-refractivity contribution in [2.75, 3.05) is 12.0 Å². The molecule has 4 nitrogen and oxygen atoms in total. The van der Waals surface area contributed by atoms with E-state index >= 15 is 0 Å². The van der Waals surface area contributed by atoms with Crippen LogP contribution in [0.1, 0.15) is 31.2 Å². The Morgan fingerprint density at radius 1 is 1.32 bits per heavy atom. The van der Waals surface area contributed by atoms with Crippen LogP contribution >= 0.6 is 0 Å². The molecule has 2 rings (SSSR count). The minimum atomic E-state index is -2.89. The Morgan fingerprint density at radius 2 is 1.95 bits per heavy atom. The highest BCUT2D eigenvalue weighted by molar-refractivity contribution is 7.90. The SMILES string of the molecule is CS(=O)(=O)CCCC(NN)C1(c2ccccc2)CC1. The first-order chi connectivity index (χ1) is 8.98. The Bertz CT molecular complexity index is 510. The molecule has 1 aromatic rings. The lowest BCUT2D eigenvalue weighted by Crippen LogP contribution is -2.44. The second-order valence-electron chi connectivity index (χ2n) is 5.51. The summed E-state index contributed by atoms with van der Waals surface area (Å²) >= 11 is 0. The normalized spacial score (nSPS) is 19.1. The smallest absolute Gasteiger partial charge is 0.147 e. The number of rotatable bonds is 7. The highest BCUT2D eigenvalue weighted by Crippen LogP contribution is 2.51. The van der Waals surface area contributed by atoms with Gasteiger partial charge in [-0.25, -0.2) is 8.42 Å². The van der Waals surface area contributed by atoms with Gasteiger partial charge in [-0.1, -0.05) is 30.3 Å². The third-order valence-electron chi connectivity index (χ3n) is 4.01. The molecule has 1 aliphatic rings. The summed E-state index contributed by atoms with van der Waals surface area (Å²) in [6.07, 6.45) is 4.96. The molecule has 19 heavy (non-hydrogen) atoms. The molecule has 0 aliphatic heterocycles. The van der Waals surface area contributed by atoms with Crippen molar-refractivity contribution in [2.45, 2.75) is 37.1 Å². The van der Waals surface area contributed by atoms with E-state index in [9.17, 15) is 8.42 Å². The maximum atomic E-state index is 11.2. The van der Waals surface area contributed by atoms with Crippen molar-refractivity contribution in [1.82, 2.24) is 5.43 Å². The van der Waals surface area contributed by atoms with E-state index < -0.39 is 9.84 Å². The molecule has 0 heterocycles. The summed E-state index contributed by atoms with van der Waals surface area (Å²) in [7, 11) is -2.89. The molecule has 1 unspecified atom stereocenters. The number of sulfone groups is 1. The molecule has 1 aliphatic carbocycles. The van der Waals surface area contributed by atoms with Crippen molar-refractivity contribution in [1.29, 1.82) is 0 Å². The summed E-state index contributed by atoms with van der Waals surface area (Å²) in [5.41, 5.74) is 4.30. The Hall–Kier alpha value is -0.910. The van der Waals surface area contributed by atoms with Gasteiger partial charge in [-0.3, -0.25) is 11.3 Å². The average molecular weight is 282 g/mol. The van der Waals surface area contributed by atoms with Gasteiger partial charge in [-0.15, -0.1) is 0 Å². The van der Waals surface area contributed by atoms with E-state index in [1.165, 1.54) is 11.8 Å². The molecule has 0 aromatic heterocycles. The third kappa shape index (κ3) is 3.55. The Morgan fingerprint density at radius 3 is 2.42 bits per heavy atom. The van der Waals surface area contributed by atoms with Crippen LogP contribution in [-0.2, 0) is 15.3 Å². The zero-order valence-corrected chi connectivity index (χ0v) is 12.1. The minimum Gasteiger partial charge on any atom is -0.271 e. The summed E-state index contributed by atoms with van der Waals surface area (Å²) < 4.78 is 22.4. The summed E-state index contributed by atoms with van der Waals surface area (Å²) in [5, 5.41) is 0. The predicted molar refractivity (Wildman–Crippen MR) is 77.4 cm³/mol. The average Bonchev–Trinajstić information content (AvgIpc) is 3.16. The van der Waals surface area contributed by atoms with E-state index in [-0.39, 0.29) is 17.2 Å². The van der Waals surface area contributed by atoms with Crippen molar-refractivity contribution >= 4 is 9.84 Å². The van der Waals surface area contributed by atoms with Crippen LogP contribution in [0.5, 0.6) is 0 Å². The molecule has 0 bridgehead atoms. The lowest BCUT2D eigenvalue weighted by molar-refractivity contribution is 0.395. The molecular formula is C14H22N2O2S. The van der Waals surface area contributed by atoms with E-state index in [1.54, 1.807) is 0 Å². The van der Waals surface area contributed by atoms with Crippen molar-refractivity contribution in [2.24, 2.45) is 5.84 Å². The Labute approximate surface area is 115 Å². The molecule has 106 valence electrons. The van der Waals surface area contributed by atoms with Crippen molar-refractivity contribution < 1.29 is 8.42 Å². The largest absolute Gasteiger partial charge is 0.271 e. The molecule has 0 amide bonds. The van der Waals surface area contributed by atoms with Crippen LogP contribution in [0.25, 0.3) is 0 Å². The molecular weight excluding hydrogens is 260 g/mol. The fourth-order valence-electron chi connectivity index (χ4n) is 2.81. The van der Waals surface area contributed by atoms with Crippen molar-refractivity contribution in [3.8, 4) is 0 Å². The molecule has 3 N–H and O–H groups in total. The summed E-state index contributed by atoms with van der Waals surface area (Å²) in [5.74, 6) is 5.92. The zero-order chi connectivity index (χ0) is 13.9. The van der Waals surface area contributed by atoms with Crippen molar-refractivity contribution in [3.05, 3.63) is 35.9 Å². The van der Waals surface area contributed by atoms with Crippen LogP contribution in [0.4, 0.5) is 0 Å². The second kappa shape index (κ2) is 5.61. The molecule has 1 saturated carbocycles. The van der Waals surface area contributed by atoms with Crippen LogP contribution in [0.15, 0.2) is 30.3 Å². The lowest BCUT2D eigenvalue weighted by Gasteiger charge is -2.27. The fourth-order valence-corrected chi connectivity index (χ4v) is 3.50. The zero-order valence-electron chi connectivity index (χ0n) is 11.3. The fraction of sp³-hybridized carbons (Fsp3) is 0.571. The van der Waals surface area contributed by atoms with Gasteiger partial charge in [-0.05, 0) is 31.2 Å². The molecule has 0 saturated heterocycles. The van der Waals surface area contributed by atoms with Crippen LogP contribution in [-0.4, -0.2) is 26.5 Å². The summed E-state index contributed by atoms with van der Waals surface area (Å²) in [6.45, 7) is 0. The van der Waals surface area contributed by atoms with Gasteiger partial charge in [0.25, 0.3) is 0 Å². The highest BCUT2D eigenvalue weighted by Gasteiger charge is 2.49. The van der Waals surface area contributed by atoms with E-state index in [0.717, 1.165) is 19.3 Å². The molecule has 1 aromatic carbocycles. The van der Waals surface area contributed by atoms with Gasteiger partial charge in [0.1, 0.15) is 9.84 Å². The van der Waals surface area contributed by atoms with Gasteiger partial charge in [0.2, 0.25) is 0 Å². The van der Waals surface area contributed by atoms with E-state index in [1.807, 2.05) is 18.2 Å².